The number of likely N-dealkylation sites (tertiary alicyclic amines) is 1. The third kappa shape index (κ3) is 3.06. The number of carbonyl (C=O) groups excluding carboxylic acids is 2. The second kappa shape index (κ2) is 6.40. The molecule has 3 rings (SSSR count). The molecule has 0 spiro atoms. The van der Waals surface area contributed by atoms with E-state index in [1.54, 1.807) is 11.8 Å². The smallest absolute Gasteiger partial charge is 0.309 e. The Balaban J connectivity index is 1.72. The van der Waals surface area contributed by atoms with Gasteiger partial charge in [0, 0.05) is 18.5 Å². The summed E-state index contributed by atoms with van der Waals surface area (Å²) < 4.78 is 5.06. The zero-order valence-corrected chi connectivity index (χ0v) is 13.5. The molecule has 0 saturated carbocycles. The standard InChI is InChI=1S/C17H21N3O3/c1-3-23-17(22)12-6-8-20(9-7-12)16(21)15-13-10-11(2)4-5-14(13)18-19-15/h4-5,10,12H,3,6-9H2,1-2H3,(H,18,19). The fraction of sp³-hybridized carbons (Fsp3) is 0.471. The van der Waals surface area contributed by atoms with Crippen LogP contribution in [-0.2, 0) is 9.53 Å². The van der Waals surface area contributed by atoms with Gasteiger partial charge in [0.25, 0.3) is 5.91 Å². The predicted molar refractivity (Wildman–Crippen MR) is 86.1 cm³/mol. The molecule has 1 aliphatic heterocycles. The summed E-state index contributed by atoms with van der Waals surface area (Å²) in [6, 6.07) is 5.89. The Labute approximate surface area is 134 Å². The molecule has 0 bridgehead atoms. The minimum absolute atomic E-state index is 0.0795. The van der Waals surface area contributed by atoms with Crippen LogP contribution in [0, 0.1) is 12.8 Å². The van der Waals surface area contributed by atoms with Gasteiger partial charge in [0.05, 0.1) is 18.0 Å². The van der Waals surface area contributed by atoms with E-state index in [1.807, 2.05) is 25.1 Å². The van der Waals surface area contributed by atoms with Crippen molar-refractivity contribution in [1.82, 2.24) is 15.1 Å². The highest BCUT2D eigenvalue weighted by Gasteiger charge is 2.30. The second-order valence-electron chi connectivity index (χ2n) is 5.94. The molecule has 0 radical (unpaired) electrons. The molecule has 0 unspecified atom stereocenters. The molecule has 1 aromatic carbocycles. The maximum absolute atomic E-state index is 12.7. The van der Waals surface area contributed by atoms with E-state index in [2.05, 4.69) is 10.2 Å². The van der Waals surface area contributed by atoms with Crippen LogP contribution in [0.3, 0.4) is 0 Å². The first-order chi connectivity index (χ1) is 11.1. The Morgan fingerprint density at radius 2 is 2.09 bits per heavy atom. The van der Waals surface area contributed by atoms with Crippen molar-refractivity contribution in [1.29, 1.82) is 0 Å². The monoisotopic (exact) mass is 315 g/mol. The van der Waals surface area contributed by atoms with Gasteiger partial charge in [-0.2, -0.15) is 5.10 Å². The third-order valence-electron chi connectivity index (χ3n) is 4.32. The highest BCUT2D eigenvalue weighted by Crippen LogP contribution is 2.23. The summed E-state index contributed by atoms with van der Waals surface area (Å²) in [7, 11) is 0. The lowest BCUT2D eigenvalue weighted by molar-refractivity contribution is -0.149. The number of ether oxygens (including phenoxy) is 1. The number of fused-ring (bicyclic) bond motifs is 1. The summed E-state index contributed by atoms with van der Waals surface area (Å²) in [6.45, 7) is 5.31. The van der Waals surface area contributed by atoms with Gasteiger partial charge in [-0.3, -0.25) is 14.7 Å². The number of aryl methyl sites for hydroxylation is 1. The minimum atomic E-state index is -0.152. The van der Waals surface area contributed by atoms with E-state index in [4.69, 9.17) is 4.74 Å². The van der Waals surface area contributed by atoms with E-state index in [0.29, 0.717) is 38.2 Å². The fourth-order valence-electron chi connectivity index (χ4n) is 3.02. The van der Waals surface area contributed by atoms with Crippen molar-refractivity contribution >= 4 is 22.8 Å². The molecule has 1 amide bonds. The number of amides is 1. The summed E-state index contributed by atoms with van der Waals surface area (Å²) in [6.07, 6.45) is 1.29. The number of esters is 1. The molecule has 122 valence electrons. The van der Waals surface area contributed by atoms with Crippen molar-refractivity contribution in [3.8, 4) is 0 Å². The molecule has 2 aromatic rings. The molecule has 1 fully saturated rings. The van der Waals surface area contributed by atoms with Crippen molar-refractivity contribution in [2.24, 2.45) is 5.92 Å². The van der Waals surface area contributed by atoms with E-state index in [0.717, 1.165) is 16.5 Å². The maximum atomic E-state index is 12.7. The Kier molecular flexibility index (Phi) is 4.32. The highest BCUT2D eigenvalue weighted by atomic mass is 16.5. The maximum Gasteiger partial charge on any atom is 0.309 e. The number of nitrogens with one attached hydrogen (secondary N) is 1. The van der Waals surface area contributed by atoms with E-state index >= 15 is 0 Å². The number of hydrogen-bond acceptors (Lipinski definition) is 4. The Morgan fingerprint density at radius 1 is 1.35 bits per heavy atom. The van der Waals surface area contributed by atoms with Crippen LogP contribution in [0.15, 0.2) is 18.2 Å². The largest absolute Gasteiger partial charge is 0.466 e. The van der Waals surface area contributed by atoms with Crippen LogP contribution >= 0.6 is 0 Å². The van der Waals surface area contributed by atoms with Gasteiger partial charge < -0.3 is 9.64 Å². The van der Waals surface area contributed by atoms with Gasteiger partial charge in [-0.15, -0.1) is 0 Å². The number of hydrogen-bond donors (Lipinski definition) is 1. The number of piperidine rings is 1. The van der Waals surface area contributed by atoms with Gasteiger partial charge in [0.2, 0.25) is 0 Å². The van der Waals surface area contributed by atoms with Crippen molar-refractivity contribution in [3.63, 3.8) is 0 Å². The van der Waals surface area contributed by atoms with Crippen molar-refractivity contribution in [3.05, 3.63) is 29.5 Å². The van der Waals surface area contributed by atoms with Crippen molar-refractivity contribution in [2.75, 3.05) is 19.7 Å². The average Bonchev–Trinajstić information content (AvgIpc) is 2.97. The van der Waals surface area contributed by atoms with E-state index in [1.165, 1.54) is 0 Å². The van der Waals surface area contributed by atoms with Gasteiger partial charge in [0.1, 0.15) is 0 Å². The van der Waals surface area contributed by atoms with Crippen LogP contribution in [0.4, 0.5) is 0 Å². The van der Waals surface area contributed by atoms with Crippen LogP contribution < -0.4 is 0 Å². The van der Waals surface area contributed by atoms with Crippen LogP contribution in [0.2, 0.25) is 0 Å². The molecule has 0 atom stereocenters. The lowest BCUT2D eigenvalue weighted by atomic mass is 9.96. The zero-order chi connectivity index (χ0) is 16.4. The van der Waals surface area contributed by atoms with Crippen LogP contribution in [-0.4, -0.2) is 46.7 Å². The summed E-state index contributed by atoms with van der Waals surface area (Å²) in [5.74, 6) is -0.332. The Bertz CT molecular complexity index is 730. The second-order valence-corrected chi connectivity index (χ2v) is 5.94. The number of benzene rings is 1. The van der Waals surface area contributed by atoms with Crippen LogP contribution in [0.1, 0.15) is 35.8 Å². The lowest BCUT2D eigenvalue weighted by Gasteiger charge is -2.30. The molecule has 1 aromatic heterocycles. The fourth-order valence-corrected chi connectivity index (χ4v) is 3.02. The summed E-state index contributed by atoms with van der Waals surface area (Å²) >= 11 is 0. The van der Waals surface area contributed by atoms with Gasteiger partial charge in [-0.05, 0) is 38.8 Å². The first-order valence-electron chi connectivity index (χ1n) is 8.00. The molecular formula is C17H21N3O3. The molecule has 0 aliphatic carbocycles. The Morgan fingerprint density at radius 3 is 2.78 bits per heavy atom. The van der Waals surface area contributed by atoms with Gasteiger partial charge in [0.15, 0.2) is 5.69 Å². The first-order valence-corrected chi connectivity index (χ1v) is 8.00. The van der Waals surface area contributed by atoms with Gasteiger partial charge in [-0.1, -0.05) is 11.6 Å². The summed E-state index contributed by atoms with van der Waals surface area (Å²) in [4.78, 5) is 26.3. The van der Waals surface area contributed by atoms with Crippen molar-refractivity contribution < 1.29 is 14.3 Å². The number of carbonyl (C=O) groups is 2. The quantitative estimate of drug-likeness (QED) is 0.882. The molecular weight excluding hydrogens is 294 g/mol. The number of nitrogens with zero attached hydrogens (tertiary/aromatic N) is 2. The summed E-state index contributed by atoms with van der Waals surface area (Å²) in [5, 5.41) is 7.94. The lowest BCUT2D eigenvalue weighted by Crippen LogP contribution is -2.40. The van der Waals surface area contributed by atoms with E-state index < -0.39 is 0 Å². The molecule has 1 aliphatic rings. The number of aromatic amines is 1. The van der Waals surface area contributed by atoms with Gasteiger partial charge in [-0.25, -0.2) is 0 Å². The Hall–Kier alpha value is -2.37. The third-order valence-corrected chi connectivity index (χ3v) is 4.32. The summed E-state index contributed by atoms with van der Waals surface area (Å²) in [5.41, 5.74) is 2.41. The van der Waals surface area contributed by atoms with Crippen LogP contribution in [0.5, 0.6) is 0 Å². The minimum Gasteiger partial charge on any atom is -0.466 e. The zero-order valence-electron chi connectivity index (χ0n) is 13.5. The number of rotatable bonds is 3. The number of aromatic nitrogens is 2. The molecule has 6 heteroatoms. The highest BCUT2D eigenvalue weighted by molar-refractivity contribution is 6.04. The normalized spacial score (nSPS) is 15.8. The topological polar surface area (TPSA) is 75.3 Å². The molecule has 1 saturated heterocycles. The molecule has 2 heterocycles. The molecule has 23 heavy (non-hydrogen) atoms. The average molecular weight is 315 g/mol. The predicted octanol–water partition coefficient (Wildman–Crippen LogP) is 2.29. The van der Waals surface area contributed by atoms with Crippen molar-refractivity contribution in [2.45, 2.75) is 26.7 Å². The van der Waals surface area contributed by atoms with E-state index in [9.17, 15) is 9.59 Å². The van der Waals surface area contributed by atoms with E-state index in [-0.39, 0.29) is 17.8 Å². The molecule has 6 nitrogen and oxygen atoms in total. The van der Waals surface area contributed by atoms with Crippen LogP contribution in [0.25, 0.3) is 10.9 Å². The molecule has 1 N–H and O–H groups in total. The SMILES string of the molecule is CCOC(=O)C1CCN(C(=O)c2n[nH]c3ccc(C)cc23)CC1. The van der Waals surface area contributed by atoms with Gasteiger partial charge >= 0.3 is 5.97 Å². The number of H-pyrrole nitrogens is 1. The first kappa shape index (κ1) is 15.5.